The summed E-state index contributed by atoms with van der Waals surface area (Å²) in [4.78, 5) is 0. The average Bonchev–Trinajstić information content (AvgIpc) is 2.16. The normalized spacial score (nSPS) is 19.9. The Morgan fingerprint density at radius 1 is 1.07 bits per heavy atom. The van der Waals surface area contributed by atoms with Crippen molar-refractivity contribution in [2.45, 2.75) is 54.4 Å². The summed E-state index contributed by atoms with van der Waals surface area (Å²) in [7, 11) is 0. The fourth-order valence-electron chi connectivity index (χ4n) is 2.41. The summed E-state index contributed by atoms with van der Waals surface area (Å²) in [5.41, 5.74) is 1.33. The van der Waals surface area contributed by atoms with Crippen LogP contribution in [-0.4, -0.2) is 0 Å². The molecule has 0 saturated carbocycles. The molecule has 0 radical (unpaired) electrons. The van der Waals surface area contributed by atoms with E-state index in [2.05, 4.69) is 48.1 Å². The Balaban J connectivity index is 4.44. The maximum Gasteiger partial charge on any atom is -0.0209 e. The Hall–Kier alpha value is -0.260. The molecule has 0 aromatic heterocycles. The van der Waals surface area contributed by atoms with Crippen LogP contribution in [0.5, 0.6) is 0 Å². The highest BCUT2D eigenvalue weighted by Crippen LogP contribution is 2.33. The van der Waals surface area contributed by atoms with Crippen molar-refractivity contribution in [3.8, 4) is 0 Å². The minimum absolute atomic E-state index is 0.661. The molecule has 0 rings (SSSR count). The van der Waals surface area contributed by atoms with Crippen LogP contribution in [-0.2, 0) is 0 Å². The van der Waals surface area contributed by atoms with E-state index in [4.69, 9.17) is 0 Å². The van der Waals surface area contributed by atoms with Crippen LogP contribution in [0.4, 0.5) is 0 Å². The molecule has 84 valence electrons. The Morgan fingerprint density at radius 2 is 1.57 bits per heavy atom. The Kier molecular flexibility index (Phi) is 6.15. The average molecular weight is 196 g/mol. The van der Waals surface area contributed by atoms with E-state index in [0.29, 0.717) is 5.92 Å². The van der Waals surface area contributed by atoms with Gasteiger partial charge in [0, 0.05) is 0 Å². The van der Waals surface area contributed by atoms with Crippen molar-refractivity contribution in [3.63, 3.8) is 0 Å². The molecule has 0 amide bonds. The van der Waals surface area contributed by atoms with Crippen molar-refractivity contribution in [1.82, 2.24) is 0 Å². The summed E-state index contributed by atoms with van der Waals surface area (Å²) in [5.74, 6) is 3.13. The molecule has 0 aliphatic heterocycles. The molecule has 0 heteroatoms. The van der Waals surface area contributed by atoms with Crippen LogP contribution < -0.4 is 0 Å². The van der Waals surface area contributed by atoms with Crippen molar-refractivity contribution in [3.05, 3.63) is 12.2 Å². The molecule has 4 atom stereocenters. The second-order valence-electron chi connectivity index (χ2n) is 4.95. The fourth-order valence-corrected chi connectivity index (χ4v) is 2.41. The second kappa shape index (κ2) is 6.27. The zero-order valence-corrected chi connectivity index (χ0v) is 10.9. The predicted molar refractivity (Wildman–Crippen MR) is 66.4 cm³/mol. The molecular formula is C14H28. The number of rotatable bonds is 6. The van der Waals surface area contributed by atoms with E-state index in [9.17, 15) is 0 Å². The first-order valence-corrected chi connectivity index (χ1v) is 6.10. The summed E-state index contributed by atoms with van der Waals surface area (Å²) >= 11 is 0. The molecular weight excluding hydrogens is 168 g/mol. The largest absolute Gasteiger partial charge is 0.0999 e. The van der Waals surface area contributed by atoms with Crippen LogP contribution in [0, 0.1) is 23.7 Å². The summed E-state index contributed by atoms with van der Waals surface area (Å²) in [6, 6.07) is 0. The minimum Gasteiger partial charge on any atom is -0.0999 e. The topological polar surface area (TPSA) is 0 Å². The zero-order chi connectivity index (χ0) is 11.3. The van der Waals surface area contributed by atoms with Crippen LogP contribution in [0.3, 0.4) is 0 Å². The van der Waals surface area contributed by atoms with Crippen molar-refractivity contribution >= 4 is 0 Å². The lowest BCUT2D eigenvalue weighted by Crippen LogP contribution is -2.24. The summed E-state index contributed by atoms with van der Waals surface area (Å²) in [6.45, 7) is 17.9. The minimum atomic E-state index is 0.661. The lowest BCUT2D eigenvalue weighted by Gasteiger charge is -2.32. The SMILES string of the molecule is C=C(C)C(C)[C@@H](C)[C@H](CC)[C@H](C)CC. The fraction of sp³-hybridized carbons (Fsp3) is 0.857. The first-order chi connectivity index (χ1) is 6.45. The van der Waals surface area contributed by atoms with Crippen LogP contribution in [0.1, 0.15) is 54.4 Å². The summed E-state index contributed by atoms with van der Waals surface area (Å²) in [5, 5.41) is 0. The first-order valence-electron chi connectivity index (χ1n) is 6.10. The molecule has 0 bridgehead atoms. The molecule has 0 saturated heterocycles. The highest BCUT2D eigenvalue weighted by Gasteiger charge is 2.25. The Labute approximate surface area is 90.8 Å². The summed E-state index contributed by atoms with van der Waals surface area (Å²) in [6.07, 6.45) is 2.60. The zero-order valence-electron chi connectivity index (χ0n) is 10.9. The Morgan fingerprint density at radius 3 is 1.86 bits per heavy atom. The monoisotopic (exact) mass is 196 g/mol. The maximum absolute atomic E-state index is 4.08. The molecule has 0 aliphatic rings. The van der Waals surface area contributed by atoms with Gasteiger partial charge in [0.05, 0.1) is 0 Å². The first kappa shape index (κ1) is 13.7. The lowest BCUT2D eigenvalue weighted by molar-refractivity contribution is 0.201. The van der Waals surface area contributed by atoms with Gasteiger partial charge in [-0.15, -0.1) is 0 Å². The standard InChI is InChI=1S/C14H28/c1-8-11(5)14(9-2)13(7)12(6)10(3)4/h11-14H,3,8-9H2,1-2,4-7H3/t11-,12?,13-,14-/m1/s1. The van der Waals surface area contributed by atoms with E-state index in [-0.39, 0.29) is 0 Å². The molecule has 0 aliphatic carbocycles. The smallest absolute Gasteiger partial charge is 0.0209 e. The molecule has 0 fully saturated rings. The van der Waals surface area contributed by atoms with Gasteiger partial charge in [-0.3, -0.25) is 0 Å². The molecule has 0 aromatic rings. The van der Waals surface area contributed by atoms with Crippen LogP contribution in [0.2, 0.25) is 0 Å². The van der Waals surface area contributed by atoms with E-state index < -0.39 is 0 Å². The molecule has 0 heterocycles. The number of hydrogen-bond donors (Lipinski definition) is 0. The van der Waals surface area contributed by atoms with Crippen LogP contribution in [0.15, 0.2) is 12.2 Å². The van der Waals surface area contributed by atoms with E-state index in [0.717, 1.165) is 17.8 Å². The van der Waals surface area contributed by atoms with Crippen molar-refractivity contribution < 1.29 is 0 Å². The maximum atomic E-state index is 4.08. The van der Waals surface area contributed by atoms with Gasteiger partial charge in [-0.25, -0.2) is 0 Å². The van der Waals surface area contributed by atoms with Gasteiger partial charge in [-0.2, -0.15) is 0 Å². The van der Waals surface area contributed by atoms with Gasteiger partial charge in [0.25, 0.3) is 0 Å². The van der Waals surface area contributed by atoms with Gasteiger partial charge >= 0.3 is 0 Å². The van der Waals surface area contributed by atoms with Gasteiger partial charge in [-0.1, -0.05) is 59.6 Å². The molecule has 0 N–H and O–H groups in total. The van der Waals surface area contributed by atoms with Gasteiger partial charge in [0.1, 0.15) is 0 Å². The van der Waals surface area contributed by atoms with Crippen molar-refractivity contribution in [2.24, 2.45) is 23.7 Å². The number of allylic oxidation sites excluding steroid dienone is 1. The van der Waals surface area contributed by atoms with Crippen LogP contribution >= 0.6 is 0 Å². The van der Waals surface area contributed by atoms with Gasteiger partial charge < -0.3 is 0 Å². The molecule has 0 nitrogen and oxygen atoms in total. The van der Waals surface area contributed by atoms with E-state index in [1.54, 1.807) is 0 Å². The quantitative estimate of drug-likeness (QED) is 0.530. The third-order valence-corrected chi connectivity index (χ3v) is 4.09. The Bertz CT molecular complexity index is 169. The van der Waals surface area contributed by atoms with Crippen molar-refractivity contribution in [1.29, 1.82) is 0 Å². The van der Waals surface area contributed by atoms with E-state index in [1.807, 2.05) is 0 Å². The van der Waals surface area contributed by atoms with Crippen molar-refractivity contribution in [2.75, 3.05) is 0 Å². The van der Waals surface area contributed by atoms with E-state index >= 15 is 0 Å². The number of hydrogen-bond acceptors (Lipinski definition) is 0. The van der Waals surface area contributed by atoms with Crippen LogP contribution in [0.25, 0.3) is 0 Å². The lowest BCUT2D eigenvalue weighted by atomic mass is 9.73. The van der Waals surface area contributed by atoms with Gasteiger partial charge in [0.2, 0.25) is 0 Å². The third kappa shape index (κ3) is 3.48. The predicted octanol–water partition coefficient (Wildman–Crippen LogP) is 4.91. The molecule has 14 heavy (non-hydrogen) atoms. The molecule has 0 aromatic carbocycles. The summed E-state index contributed by atoms with van der Waals surface area (Å²) < 4.78 is 0. The van der Waals surface area contributed by atoms with E-state index in [1.165, 1.54) is 18.4 Å². The highest BCUT2D eigenvalue weighted by molar-refractivity contribution is 4.97. The molecule has 0 spiro atoms. The second-order valence-corrected chi connectivity index (χ2v) is 4.95. The highest BCUT2D eigenvalue weighted by atomic mass is 14.3. The van der Waals surface area contributed by atoms with Gasteiger partial charge in [-0.05, 0) is 30.6 Å². The third-order valence-electron chi connectivity index (χ3n) is 4.09. The molecule has 1 unspecified atom stereocenters. The van der Waals surface area contributed by atoms with Gasteiger partial charge in [0.15, 0.2) is 0 Å².